The van der Waals surface area contributed by atoms with E-state index in [1.807, 2.05) is 18.2 Å². The topological polar surface area (TPSA) is 30.5 Å². The van der Waals surface area contributed by atoms with Gasteiger partial charge in [0.2, 0.25) is 0 Å². The summed E-state index contributed by atoms with van der Waals surface area (Å²) in [4.78, 5) is 0. The number of nitrogens with one attached hydrogen (secondary N) is 1. The average Bonchev–Trinajstić information content (AvgIpc) is 3.00. The molecule has 0 atom stereocenters. The minimum Gasteiger partial charge on any atom is -0.489 e. The molecule has 3 nitrogen and oxygen atoms in total. The molecule has 2 aromatic carbocycles. The lowest BCUT2D eigenvalue weighted by Crippen LogP contribution is -2.21. The first-order valence-electron chi connectivity index (χ1n) is 7.91. The number of hydrogen-bond acceptors (Lipinski definition) is 3. The second-order valence-electron chi connectivity index (χ2n) is 5.99. The fourth-order valence-corrected chi connectivity index (χ4v) is 2.60. The van der Waals surface area contributed by atoms with Crippen LogP contribution in [0.25, 0.3) is 0 Å². The normalized spacial score (nSPS) is 13.0. The molecule has 1 aliphatic rings. The van der Waals surface area contributed by atoms with Crippen molar-refractivity contribution >= 4 is 0 Å². The van der Waals surface area contributed by atoms with Crippen LogP contribution in [0.15, 0.2) is 42.5 Å². The van der Waals surface area contributed by atoms with Gasteiger partial charge in [0.1, 0.15) is 6.61 Å². The van der Waals surface area contributed by atoms with Gasteiger partial charge < -0.3 is 14.8 Å². The Kier molecular flexibility index (Phi) is 4.64. The van der Waals surface area contributed by atoms with Crippen molar-refractivity contribution in [1.82, 2.24) is 5.32 Å². The number of hydrogen-bond donors (Lipinski definition) is 1. The van der Waals surface area contributed by atoms with Gasteiger partial charge in [-0.15, -0.1) is 0 Å². The molecule has 0 unspecified atom stereocenters. The van der Waals surface area contributed by atoms with Gasteiger partial charge in [-0.05, 0) is 17.2 Å². The van der Waals surface area contributed by atoms with Crippen molar-refractivity contribution in [2.45, 2.75) is 39.5 Å². The Bertz CT molecular complexity index is 623. The van der Waals surface area contributed by atoms with Crippen LogP contribution < -0.4 is 14.8 Å². The fourth-order valence-electron chi connectivity index (χ4n) is 2.60. The van der Waals surface area contributed by atoms with Crippen LogP contribution in [0.1, 0.15) is 30.5 Å². The molecule has 1 heterocycles. The Balaban J connectivity index is 1.76. The van der Waals surface area contributed by atoms with E-state index >= 15 is 0 Å². The molecule has 22 heavy (non-hydrogen) atoms. The van der Waals surface area contributed by atoms with Crippen molar-refractivity contribution < 1.29 is 9.47 Å². The number of benzene rings is 2. The zero-order valence-corrected chi connectivity index (χ0v) is 13.3. The highest BCUT2D eigenvalue weighted by Crippen LogP contribution is 2.37. The molecule has 0 saturated carbocycles. The van der Waals surface area contributed by atoms with Gasteiger partial charge in [-0.25, -0.2) is 0 Å². The summed E-state index contributed by atoms with van der Waals surface area (Å²) >= 11 is 0. The minimum absolute atomic E-state index is 0.471. The van der Waals surface area contributed by atoms with Crippen LogP contribution >= 0.6 is 0 Å². The van der Waals surface area contributed by atoms with Crippen molar-refractivity contribution in [3.8, 4) is 11.5 Å². The summed E-state index contributed by atoms with van der Waals surface area (Å²) in [5.74, 6) is 1.78. The Hall–Kier alpha value is -2.00. The van der Waals surface area contributed by atoms with Gasteiger partial charge in [0.15, 0.2) is 11.5 Å². The predicted octanol–water partition coefficient (Wildman–Crippen LogP) is 3.70. The van der Waals surface area contributed by atoms with E-state index in [2.05, 4.69) is 43.4 Å². The van der Waals surface area contributed by atoms with E-state index in [0.717, 1.165) is 31.1 Å². The third-order valence-corrected chi connectivity index (χ3v) is 3.76. The van der Waals surface area contributed by atoms with Crippen LogP contribution in [0, 0.1) is 0 Å². The largest absolute Gasteiger partial charge is 0.489 e. The zero-order valence-electron chi connectivity index (χ0n) is 13.3. The molecule has 116 valence electrons. The smallest absolute Gasteiger partial charge is 0.164 e. The third-order valence-electron chi connectivity index (χ3n) is 3.76. The van der Waals surface area contributed by atoms with Crippen LogP contribution in [0.3, 0.4) is 0 Å². The molecular formula is C19H23NO2. The van der Waals surface area contributed by atoms with Gasteiger partial charge in [0, 0.05) is 24.6 Å². The maximum atomic E-state index is 6.03. The van der Waals surface area contributed by atoms with Crippen molar-refractivity contribution in [1.29, 1.82) is 0 Å². The van der Waals surface area contributed by atoms with Gasteiger partial charge in [-0.3, -0.25) is 0 Å². The summed E-state index contributed by atoms with van der Waals surface area (Å²) in [5, 5.41) is 3.46. The second kappa shape index (κ2) is 6.84. The van der Waals surface area contributed by atoms with E-state index in [1.54, 1.807) is 0 Å². The summed E-state index contributed by atoms with van der Waals surface area (Å²) in [6.45, 7) is 6.48. The second-order valence-corrected chi connectivity index (χ2v) is 5.99. The molecule has 0 amide bonds. The highest BCUT2D eigenvalue weighted by molar-refractivity contribution is 5.51. The highest BCUT2D eigenvalue weighted by atomic mass is 16.5. The number of rotatable bonds is 6. The maximum Gasteiger partial charge on any atom is 0.164 e. The van der Waals surface area contributed by atoms with Crippen molar-refractivity contribution in [3.05, 3.63) is 59.2 Å². The van der Waals surface area contributed by atoms with Crippen LogP contribution in [-0.2, 0) is 19.6 Å². The molecule has 0 radical (unpaired) electrons. The highest BCUT2D eigenvalue weighted by Gasteiger charge is 2.19. The standard InChI is InChI=1S/C19H23NO2/c1-14(2)20-12-16-10-17-8-9-21-19(17)18(11-16)22-13-15-6-4-3-5-7-15/h3-7,10-11,14,20H,8-9,12-13H2,1-2H3. The molecule has 3 rings (SSSR count). The zero-order chi connectivity index (χ0) is 15.4. The molecule has 0 fully saturated rings. The van der Waals surface area contributed by atoms with Gasteiger partial charge in [-0.2, -0.15) is 0 Å². The van der Waals surface area contributed by atoms with Gasteiger partial charge in [0.25, 0.3) is 0 Å². The van der Waals surface area contributed by atoms with Crippen LogP contribution in [0.2, 0.25) is 0 Å². The summed E-state index contributed by atoms with van der Waals surface area (Å²) in [6.07, 6.45) is 0.965. The monoisotopic (exact) mass is 297 g/mol. The molecule has 0 saturated heterocycles. The van der Waals surface area contributed by atoms with E-state index in [9.17, 15) is 0 Å². The lowest BCUT2D eigenvalue weighted by atomic mass is 10.1. The Morgan fingerprint density at radius 2 is 1.95 bits per heavy atom. The maximum absolute atomic E-state index is 6.03. The van der Waals surface area contributed by atoms with E-state index < -0.39 is 0 Å². The van der Waals surface area contributed by atoms with E-state index in [4.69, 9.17) is 9.47 Å². The minimum atomic E-state index is 0.471. The lowest BCUT2D eigenvalue weighted by molar-refractivity contribution is 0.277. The third kappa shape index (κ3) is 3.60. The van der Waals surface area contributed by atoms with Crippen LogP contribution in [0.5, 0.6) is 11.5 Å². The van der Waals surface area contributed by atoms with E-state index in [0.29, 0.717) is 12.6 Å². The van der Waals surface area contributed by atoms with Gasteiger partial charge in [-0.1, -0.05) is 50.2 Å². The summed E-state index contributed by atoms with van der Waals surface area (Å²) in [5.41, 5.74) is 3.67. The van der Waals surface area contributed by atoms with Crippen molar-refractivity contribution in [2.75, 3.05) is 6.61 Å². The first-order chi connectivity index (χ1) is 10.7. The first kappa shape index (κ1) is 14.9. The molecule has 2 aromatic rings. The lowest BCUT2D eigenvalue weighted by Gasteiger charge is -2.14. The van der Waals surface area contributed by atoms with Crippen molar-refractivity contribution in [3.63, 3.8) is 0 Å². The molecule has 0 aliphatic carbocycles. The summed E-state index contributed by atoms with van der Waals surface area (Å²) in [7, 11) is 0. The fraction of sp³-hybridized carbons (Fsp3) is 0.368. The molecule has 1 aliphatic heterocycles. The number of fused-ring (bicyclic) bond motifs is 1. The Labute approximate surface area is 132 Å². The summed E-state index contributed by atoms with van der Waals surface area (Å²) < 4.78 is 11.8. The summed E-state index contributed by atoms with van der Waals surface area (Å²) in [6, 6.07) is 15.0. The molecule has 3 heteroatoms. The van der Waals surface area contributed by atoms with Crippen LogP contribution in [-0.4, -0.2) is 12.6 Å². The number of ether oxygens (including phenoxy) is 2. The predicted molar refractivity (Wildman–Crippen MR) is 88.4 cm³/mol. The molecular weight excluding hydrogens is 274 g/mol. The molecule has 0 spiro atoms. The first-order valence-corrected chi connectivity index (χ1v) is 7.91. The molecule has 1 N–H and O–H groups in total. The average molecular weight is 297 g/mol. The SMILES string of the molecule is CC(C)NCc1cc2c(c(OCc3ccccc3)c1)OCC2. The molecule has 0 aromatic heterocycles. The Morgan fingerprint density at radius 3 is 2.73 bits per heavy atom. The van der Waals surface area contributed by atoms with E-state index in [1.165, 1.54) is 16.7 Å². The quantitative estimate of drug-likeness (QED) is 0.882. The van der Waals surface area contributed by atoms with Crippen molar-refractivity contribution in [2.24, 2.45) is 0 Å². The van der Waals surface area contributed by atoms with Crippen LogP contribution in [0.4, 0.5) is 0 Å². The molecule has 0 bridgehead atoms. The van der Waals surface area contributed by atoms with Gasteiger partial charge in [0.05, 0.1) is 6.61 Å². The van der Waals surface area contributed by atoms with E-state index in [-0.39, 0.29) is 0 Å². The Morgan fingerprint density at radius 1 is 1.14 bits per heavy atom. The van der Waals surface area contributed by atoms with Gasteiger partial charge >= 0.3 is 0 Å².